The molecule has 0 aromatic rings. The minimum atomic E-state index is 0. The van der Waals surface area contributed by atoms with Crippen molar-refractivity contribution in [2.24, 2.45) is 0 Å². The smallest absolute Gasteiger partial charge is 0.00893 e. The van der Waals surface area contributed by atoms with Crippen LogP contribution in [0, 0.1) is 36.4 Å². The normalized spacial score (nSPS) is 11.8. The van der Waals surface area contributed by atoms with Crippen molar-refractivity contribution in [2.45, 2.75) is 20.0 Å². The fourth-order valence-electron chi connectivity index (χ4n) is 0.996. The topological polar surface area (TPSA) is 60.8 Å². The van der Waals surface area contributed by atoms with Crippen molar-refractivity contribution in [2.75, 3.05) is 20.6 Å². The molecule has 5 heteroatoms. The Kier molecular flexibility index (Phi) is 18.4. The van der Waals surface area contributed by atoms with Gasteiger partial charge in [0.25, 0.3) is 0 Å². The van der Waals surface area contributed by atoms with Gasteiger partial charge in [-0.1, -0.05) is 13.1 Å². The van der Waals surface area contributed by atoms with Gasteiger partial charge in [-0.2, -0.15) is 6.92 Å². The third-order valence-electron chi connectivity index (χ3n) is 1.58. The van der Waals surface area contributed by atoms with Gasteiger partial charge in [0.2, 0.25) is 0 Å². The molecular formula is C7H20N4Np-2. The second kappa shape index (κ2) is 11.9. The van der Waals surface area contributed by atoms with E-state index in [0.717, 1.165) is 6.54 Å². The number of hydrazine groups is 1. The van der Waals surface area contributed by atoms with Gasteiger partial charge in [-0.05, 0) is 14.1 Å². The maximum atomic E-state index is 3.16. The summed E-state index contributed by atoms with van der Waals surface area (Å²) in [6, 6.07) is 0. The third kappa shape index (κ3) is 6.38. The van der Waals surface area contributed by atoms with E-state index in [1.54, 1.807) is 0 Å². The molecule has 0 aliphatic heterocycles. The summed E-state index contributed by atoms with van der Waals surface area (Å²) in [5, 5.41) is 5.27. The summed E-state index contributed by atoms with van der Waals surface area (Å²) in [6.07, 6.45) is 2.44. The standard InChI is InChI=1S/C7H18N3.H2N.Np/c1-5-7(8-3)10(6-2)9-4;;/h5,7-9H,6H2,1-4H3;1H2;/q2*-1;. The van der Waals surface area contributed by atoms with Crippen LogP contribution in [0.2, 0.25) is 0 Å². The summed E-state index contributed by atoms with van der Waals surface area (Å²) in [5.41, 5.74) is 3.09. The molecule has 0 bridgehead atoms. The number of rotatable bonds is 5. The summed E-state index contributed by atoms with van der Waals surface area (Å²) in [5.74, 6) is 0. The van der Waals surface area contributed by atoms with Crippen molar-refractivity contribution >= 4 is 0 Å². The molecule has 12 heavy (non-hydrogen) atoms. The Labute approximate surface area is 98.7 Å². The second-order valence-electron chi connectivity index (χ2n) is 2.08. The summed E-state index contributed by atoms with van der Waals surface area (Å²) in [6.45, 7) is 5.15. The zero-order chi connectivity index (χ0) is 7.98. The van der Waals surface area contributed by atoms with E-state index >= 15 is 0 Å². The predicted molar refractivity (Wildman–Crippen MR) is 49.5 cm³/mol. The Morgan fingerprint density at radius 2 is 1.92 bits per heavy atom. The average Bonchev–Trinajstić information content (AvgIpc) is 2.00. The van der Waals surface area contributed by atoms with E-state index in [2.05, 4.69) is 29.1 Å². The van der Waals surface area contributed by atoms with Crippen molar-refractivity contribution in [3.63, 3.8) is 0 Å². The van der Waals surface area contributed by atoms with Crippen molar-refractivity contribution in [3.05, 3.63) is 12.6 Å². The van der Waals surface area contributed by atoms with Gasteiger partial charge in [-0.25, -0.2) is 0 Å². The SMILES string of the molecule is C[CH-]C(NC)N(CC)NC.[NH2-].[Np]. The fourth-order valence-corrected chi connectivity index (χ4v) is 0.996. The van der Waals surface area contributed by atoms with Crippen LogP contribution in [0.3, 0.4) is 0 Å². The van der Waals surface area contributed by atoms with Crippen LogP contribution in [0.25, 0.3) is 6.15 Å². The molecular weight excluding hydrogens is 377 g/mol. The largest absolute Gasteiger partial charge is 0.693 e. The van der Waals surface area contributed by atoms with Crippen LogP contribution >= 0.6 is 0 Å². The van der Waals surface area contributed by atoms with E-state index in [4.69, 9.17) is 0 Å². The first-order valence-electron chi connectivity index (χ1n) is 3.70. The van der Waals surface area contributed by atoms with Gasteiger partial charge in [-0.15, -0.1) is 0 Å². The zero-order valence-corrected chi connectivity index (χ0v) is 12.1. The molecule has 1 unspecified atom stereocenters. The first kappa shape index (κ1) is 18.6. The van der Waals surface area contributed by atoms with E-state index < -0.39 is 0 Å². The van der Waals surface area contributed by atoms with Gasteiger partial charge < -0.3 is 11.5 Å². The molecule has 0 spiro atoms. The van der Waals surface area contributed by atoms with Crippen LogP contribution in [0.5, 0.6) is 0 Å². The molecule has 0 fully saturated rings. The molecule has 4 nitrogen and oxygen atoms in total. The Bertz CT molecular complexity index is 63.8. The first-order valence-corrected chi connectivity index (χ1v) is 3.70. The van der Waals surface area contributed by atoms with E-state index in [1.807, 2.05) is 21.0 Å². The molecule has 0 saturated carbocycles. The third-order valence-corrected chi connectivity index (χ3v) is 1.58. The van der Waals surface area contributed by atoms with Gasteiger partial charge in [-0.3, -0.25) is 16.9 Å². The number of nitrogens with two attached hydrogens (primary N) is 1. The first-order chi connectivity index (χ1) is 4.79. The number of hydrogen-bond donors (Lipinski definition) is 2. The summed E-state index contributed by atoms with van der Waals surface area (Å²) in [4.78, 5) is 0. The summed E-state index contributed by atoms with van der Waals surface area (Å²) >= 11 is 0. The van der Waals surface area contributed by atoms with Crippen LogP contribution in [0.1, 0.15) is 13.8 Å². The minimum absolute atomic E-state index is 0. The number of hydrogen-bond acceptors (Lipinski definition) is 3. The van der Waals surface area contributed by atoms with E-state index in [0.29, 0.717) is 6.17 Å². The molecule has 0 aromatic heterocycles. The Morgan fingerprint density at radius 3 is 2.00 bits per heavy atom. The van der Waals surface area contributed by atoms with E-state index in [9.17, 15) is 0 Å². The molecule has 4 N–H and O–H groups in total. The van der Waals surface area contributed by atoms with Crippen LogP contribution in [0.15, 0.2) is 0 Å². The van der Waals surface area contributed by atoms with Gasteiger partial charge in [0, 0.05) is 36.5 Å². The molecule has 0 aliphatic carbocycles. The molecule has 0 heterocycles. The van der Waals surface area contributed by atoms with E-state index in [-0.39, 0.29) is 36.1 Å². The van der Waals surface area contributed by atoms with Crippen molar-refractivity contribution in [1.29, 1.82) is 0 Å². The van der Waals surface area contributed by atoms with Crippen LogP contribution in [-0.2, 0) is 0 Å². The van der Waals surface area contributed by atoms with Crippen molar-refractivity contribution < 1.29 is 29.9 Å². The maximum absolute atomic E-state index is 3.16. The molecule has 0 saturated heterocycles. The predicted octanol–water partition coefficient (Wildman–Crippen LogP) is 0.929. The number of nitrogens with zero attached hydrogens (tertiary/aromatic N) is 1. The fraction of sp³-hybridized carbons (Fsp3) is 0.857. The Morgan fingerprint density at radius 1 is 1.42 bits per heavy atom. The van der Waals surface area contributed by atoms with Gasteiger partial charge >= 0.3 is 0 Å². The Balaban J connectivity index is -0.000000405. The maximum Gasteiger partial charge on any atom is 0.00893 e. The van der Waals surface area contributed by atoms with Crippen LogP contribution in [0.4, 0.5) is 0 Å². The molecule has 0 rings (SSSR count). The quantitative estimate of drug-likeness (QED) is 0.412. The van der Waals surface area contributed by atoms with Crippen LogP contribution in [-0.4, -0.2) is 31.8 Å². The Hall–Kier alpha value is 0.853. The molecule has 0 aromatic carbocycles. The van der Waals surface area contributed by atoms with Crippen molar-refractivity contribution in [3.8, 4) is 0 Å². The second-order valence-corrected chi connectivity index (χ2v) is 2.08. The van der Waals surface area contributed by atoms with Gasteiger partial charge in [0.15, 0.2) is 0 Å². The minimum Gasteiger partial charge on any atom is -0.693 e. The molecule has 1 radical (unpaired) electrons. The van der Waals surface area contributed by atoms with Crippen LogP contribution < -0.4 is 10.7 Å². The zero-order valence-electron chi connectivity index (χ0n) is 8.33. The average molecular weight is 397 g/mol. The number of nitrogens with one attached hydrogen (secondary N) is 2. The summed E-state index contributed by atoms with van der Waals surface area (Å²) in [7, 11) is 3.88. The molecule has 1 atom stereocenters. The van der Waals surface area contributed by atoms with Gasteiger partial charge in [0.1, 0.15) is 0 Å². The molecule has 75 valence electrons. The molecule has 0 amide bonds. The van der Waals surface area contributed by atoms with E-state index in [1.165, 1.54) is 0 Å². The van der Waals surface area contributed by atoms with Crippen molar-refractivity contribution in [1.82, 2.24) is 15.8 Å². The van der Waals surface area contributed by atoms with Gasteiger partial charge in [0.05, 0.1) is 0 Å². The molecule has 0 aliphatic rings. The summed E-state index contributed by atoms with van der Waals surface area (Å²) < 4.78 is 0. The monoisotopic (exact) mass is 396 g/mol.